The molecule has 1 heterocycles. The molecule has 1 aliphatic rings. The highest BCUT2D eigenvalue weighted by atomic mass is 16.6. The standard InChI is InChI=1S/C19H21N3O5/c1-26-18-11-17(22(24)25)10-15(19(18)23)12-20-16-4-2-14(3-5-16)13-21-6-8-27-9-7-21/h2-5,10-12,23H,6-9,13H2,1H3. The monoisotopic (exact) mass is 371 g/mol. The number of ether oxygens (including phenoxy) is 2. The van der Waals surface area contributed by atoms with Gasteiger partial charge in [-0.1, -0.05) is 12.1 Å². The molecule has 0 bridgehead atoms. The van der Waals surface area contributed by atoms with Gasteiger partial charge in [0.25, 0.3) is 5.69 Å². The van der Waals surface area contributed by atoms with Crippen molar-refractivity contribution < 1.29 is 19.5 Å². The lowest BCUT2D eigenvalue weighted by atomic mass is 10.1. The average Bonchev–Trinajstić information content (AvgIpc) is 2.69. The van der Waals surface area contributed by atoms with Crippen molar-refractivity contribution in [1.82, 2.24) is 4.90 Å². The minimum Gasteiger partial charge on any atom is -0.504 e. The van der Waals surface area contributed by atoms with Crippen LogP contribution in [-0.2, 0) is 11.3 Å². The Labute approximate surface area is 156 Å². The highest BCUT2D eigenvalue weighted by Crippen LogP contribution is 2.33. The second-order valence-corrected chi connectivity index (χ2v) is 6.16. The third kappa shape index (κ3) is 4.81. The van der Waals surface area contributed by atoms with Crippen LogP contribution in [0.2, 0.25) is 0 Å². The summed E-state index contributed by atoms with van der Waals surface area (Å²) >= 11 is 0. The van der Waals surface area contributed by atoms with E-state index in [-0.39, 0.29) is 22.7 Å². The maximum atomic E-state index is 11.0. The minimum atomic E-state index is -0.542. The largest absolute Gasteiger partial charge is 0.504 e. The summed E-state index contributed by atoms with van der Waals surface area (Å²) in [5.74, 6) is -0.151. The number of morpholine rings is 1. The summed E-state index contributed by atoms with van der Waals surface area (Å²) in [4.78, 5) is 17.1. The third-order valence-corrected chi connectivity index (χ3v) is 4.32. The highest BCUT2D eigenvalue weighted by Gasteiger charge is 2.15. The van der Waals surface area contributed by atoms with Gasteiger partial charge < -0.3 is 14.6 Å². The van der Waals surface area contributed by atoms with Crippen LogP contribution in [-0.4, -0.2) is 54.6 Å². The summed E-state index contributed by atoms with van der Waals surface area (Å²) < 4.78 is 10.3. The van der Waals surface area contributed by atoms with E-state index in [1.165, 1.54) is 31.0 Å². The number of hydrogen-bond acceptors (Lipinski definition) is 7. The van der Waals surface area contributed by atoms with E-state index >= 15 is 0 Å². The van der Waals surface area contributed by atoms with Crippen LogP contribution >= 0.6 is 0 Å². The number of rotatable bonds is 6. The molecule has 0 spiro atoms. The maximum Gasteiger partial charge on any atom is 0.274 e. The van der Waals surface area contributed by atoms with Crippen molar-refractivity contribution in [3.05, 3.63) is 57.6 Å². The van der Waals surface area contributed by atoms with Crippen molar-refractivity contribution in [2.24, 2.45) is 4.99 Å². The van der Waals surface area contributed by atoms with E-state index in [2.05, 4.69) is 9.89 Å². The van der Waals surface area contributed by atoms with Gasteiger partial charge in [0, 0.05) is 37.5 Å². The van der Waals surface area contributed by atoms with Crippen LogP contribution in [0.3, 0.4) is 0 Å². The Morgan fingerprint density at radius 1 is 1.30 bits per heavy atom. The second-order valence-electron chi connectivity index (χ2n) is 6.16. The lowest BCUT2D eigenvalue weighted by Crippen LogP contribution is -2.35. The lowest BCUT2D eigenvalue weighted by molar-refractivity contribution is -0.385. The van der Waals surface area contributed by atoms with Gasteiger partial charge in [-0.3, -0.25) is 20.0 Å². The molecule has 142 valence electrons. The molecule has 0 saturated carbocycles. The predicted octanol–water partition coefficient (Wildman–Crippen LogP) is 2.89. The molecule has 8 heteroatoms. The van der Waals surface area contributed by atoms with E-state index in [1.54, 1.807) is 0 Å². The summed E-state index contributed by atoms with van der Waals surface area (Å²) in [5.41, 5.74) is 1.91. The van der Waals surface area contributed by atoms with Gasteiger partial charge in [0.2, 0.25) is 0 Å². The first-order valence-electron chi connectivity index (χ1n) is 8.55. The fraction of sp³-hybridized carbons (Fsp3) is 0.316. The molecule has 1 saturated heterocycles. The molecular weight excluding hydrogens is 350 g/mol. The number of phenolic OH excluding ortho intramolecular Hbond substituents is 1. The van der Waals surface area contributed by atoms with E-state index in [0.717, 1.165) is 32.8 Å². The molecule has 1 fully saturated rings. The van der Waals surface area contributed by atoms with Gasteiger partial charge in [0.05, 0.1) is 37.0 Å². The third-order valence-electron chi connectivity index (χ3n) is 4.32. The number of nitro groups is 1. The lowest BCUT2D eigenvalue weighted by Gasteiger charge is -2.26. The molecule has 0 radical (unpaired) electrons. The van der Waals surface area contributed by atoms with Gasteiger partial charge in [-0.05, 0) is 17.7 Å². The molecule has 0 aromatic heterocycles. The predicted molar refractivity (Wildman–Crippen MR) is 101 cm³/mol. The van der Waals surface area contributed by atoms with E-state index in [1.807, 2.05) is 24.3 Å². The van der Waals surface area contributed by atoms with E-state index < -0.39 is 4.92 Å². The summed E-state index contributed by atoms with van der Waals surface area (Å²) in [6, 6.07) is 10.2. The van der Waals surface area contributed by atoms with Crippen molar-refractivity contribution in [1.29, 1.82) is 0 Å². The van der Waals surface area contributed by atoms with Crippen LogP contribution in [0, 0.1) is 10.1 Å². The summed E-state index contributed by atoms with van der Waals surface area (Å²) in [5, 5.41) is 21.2. The molecule has 0 unspecified atom stereocenters. The molecule has 2 aromatic carbocycles. The number of benzene rings is 2. The molecule has 0 atom stereocenters. The number of aliphatic imine (C=N–C) groups is 1. The molecule has 1 N–H and O–H groups in total. The minimum absolute atomic E-state index is 0.0338. The van der Waals surface area contributed by atoms with E-state index in [9.17, 15) is 15.2 Å². The van der Waals surface area contributed by atoms with Crippen molar-refractivity contribution >= 4 is 17.6 Å². The number of hydrogen-bond donors (Lipinski definition) is 1. The number of non-ortho nitro benzene ring substituents is 1. The topological polar surface area (TPSA) is 97.4 Å². The maximum absolute atomic E-state index is 11.0. The van der Waals surface area contributed by atoms with Crippen LogP contribution in [0.4, 0.5) is 11.4 Å². The first-order valence-corrected chi connectivity index (χ1v) is 8.55. The van der Waals surface area contributed by atoms with Crippen LogP contribution in [0.15, 0.2) is 41.4 Å². The molecule has 3 rings (SSSR count). The Bertz CT molecular complexity index is 830. The van der Waals surface area contributed by atoms with Crippen molar-refractivity contribution in [2.75, 3.05) is 33.4 Å². The number of methoxy groups -OCH3 is 1. The Morgan fingerprint density at radius 2 is 2.00 bits per heavy atom. The van der Waals surface area contributed by atoms with Crippen LogP contribution < -0.4 is 4.74 Å². The highest BCUT2D eigenvalue weighted by molar-refractivity contribution is 5.87. The second kappa shape index (κ2) is 8.61. The van der Waals surface area contributed by atoms with Crippen LogP contribution in [0.5, 0.6) is 11.5 Å². The summed E-state index contributed by atoms with van der Waals surface area (Å²) in [7, 11) is 1.34. The van der Waals surface area contributed by atoms with Gasteiger partial charge in [-0.2, -0.15) is 0 Å². The summed E-state index contributed by atoms with van der Waals surface area (Å²) in [6.45, 7) is 4.23. The molecule has 1 aliphatic heterocycles. The first-order chi connectivity index (χ1) is 13.1. The van der Waals surface area contributed by atoms with Gasteiger partial charge in [-0.25, -0.2) is 0 Å². The number of nitro benzene ring substituents is 1. The first kappa shape index (κ1) is 18.8. The molecule has 0 aliphatic carbocycles. The van der Waals surface area contributed by atoms with Crippen molar-refractivity contribution in [3.8, 4) is 11.5 Å². The molecule has 2 aromatic rings. The molecule has 27 heavy (non-hydrogen) atoms. The zero-order chi connectivity index (χ0) is 19.2. The van der Waals surface area contributed by atoms with E-state index in [4.69, 9.17) is 9.47 Å². The van der Waals surface area contributed by atoms with E-state index in [0.29, 0.717) is 5.69 Å². The van der Waals surface area contributed by atoms with Crippen molar-refractivity contribution in [3.63, 3.8) is 0 Å². The quantitative estimate of drug-likeness (QED) is 0.476. The van der Waals surface area contributed by atoms with Gasteiger partial charge >= 0.3 is 0 Å². The number of phenols is 1. The Morgan fingerprint density at radius 3 is 2.63 bits per heavy atom. The van der Waals surface area contributed by atoms with Gasteiger partial charge in [-0.15, -0.1) is 0 Å². The zero-order valence-corrected chi connectivity index (χ0v) is 15.0. The average molecular weight is 371 g/mol. The zero-order valence-electron chi connectivity index (χ0n) is 15.0. The SMILES string of the molecule is COc1cc([N+](=O)[O-])cc(C=Nc2ccc(CN3CCOCC3)cc2)c1O. The molecular formula is C19H21N3O5. The number of aromatic hydroxyl groups is 1. The fourth-order valence-corrected chi connectivity index (χ4v) is 2.82. The van der Waals surface area contributed by atoms with Gasteiger partial charge in [0.1, 0.15) is 0 Å². The van der Waals surface area contributed by atoms with Crippen LogP contribution in [0.1, 0.15) is 11.1 Å². The van der Waals surface area contributed by atoms with Crippen molar-refractivity contribution in [2.45, 2.75) is 6.54 Å². The Hall–Kier alpha value is -2.97. The smallest absolute Gasteiger partial charge is 0.274 e. The Balaban J connectivity index is 1.73. The van der Waals surface area contributed by atoms with Crippen LogP contribution in [0.25, 0.3) is 0 Å². The summed E-state index contributed by atoms with van der Waals surface area (Å²) in [6.07, 6.45) is 1.39. The molecule has 0 amide bonds. The van der Waals surface area contributed by atoms with Gasteiger partial charge in [0.15, 0.2) is 11.5 Å². The number of nitrogens with zero attached hydrogens (tertiary/aromatic N) is 3. The Kier molecular flexibility index (Phi) is 6.00. The fourth-order valence-electron chi connectivity index (χ4n) is 2.82. The normalized spacial score (nSPS) is 15.1. The molecule has 8 nitrogen and oxygen atoms in total.